The summed E-state index contributed by atoms with van der Waals surface area (Å²) in [5, 5.41) is 0. The monoisotopic (exact) mass is 583 g/mol. The van der Waals surface area contributed by atoms with Crippen LogP contribution in [0.15, 0.2) is 0 Å². The van der Waals surface area contributed by atoms with E-state index in [1.807, 2.05) is 13.8 Å². The maximum absolute atomic E-state index is 13.9. The SMILES string of the molecule is CCCCCCCC[N+](CCCCCCCC)(C(CCCCCC)C(=O)OCC)C(CCCCCC)C(=O)OCC. The van der Waals surface area contributed by atoms with Crippen molar-refractivity contribution in [2.75, 3.05) is 26.3 Å². The largest absolute Gasteiger partial charge is 0.462 e. The van der Waals surface area contributed by atoms with Gasteiger partial charge in [-0.05, 0) is 52.4 Å². The Morgan fingerprint density at radius 3 is 1.05 bits per heavy atom. The van der Waals surface area contributed by atoms with Crippen LogP contribution in [0.5, 0.6) is 0 Å². The number of nitrogens with zero attached hydrogens (tertiary/aromatic N) is 1. The van der Waals surface area contributed by atoms with Crippen molar-refractivity contribution < 1.29 is 23.5 Å². The number of esters is 2. The summed E-state index contributed by atoms with van der Waals surface area (Å²) in [5.41, 5.74) is 0. The first kappa shape index (κ1) is 39.9. The van der Waals surface area contributed by atoms with Gasteiger partial charge < -0.3 is 14.0 Å². The molecular weight excluding hydrogens is 510 g/mol. The number of rotatable bonds is 30. The Hall–Kier alpha value is -1.10. The van der Waals surface area contributed by atoms with E-state index in [4.69, 9.17) is 9.47 Å². The van der Waals surface area contributed by atoms with Crippen molar-refractivity contribution in [2.45, 2.75) is 195 Å². The van der Waals surface area contributed by atoms with Gasteiger partial charge in [0.2, 0.25) is 0 Å². The first-order chi connectivity index (χ1) is 20.0. The second kappa shape index (κ2) is 27.7. The molecule has 2 atom stereocenters. The number of carbonyl (C=O) groups excluding carboxylic acids is 2. The van der Waals surface area contributed by atoms with Crippen molar-refractivity contribution in [1.82, 2.24) is 0 Å². The number of quaternary nitrogens is 1. The van der Waals surface area contributed by atoms with Crippen LogP contribution in [0.4, 0.5) is 0 Å². The molecule has 0 aromatic carbocycles. The molecule has 0 N–H and O–H groups in total. The van der Waals surface area contributed by atoms with E-state index in [9.17, 15) is 9.59 Å². The van der Waals surface area contributed by atoms with Crippen molar-refractivity contribution >= 4 is 11.9 Å². The molecule has 0 aliphatic rings. The Balaban J connectivity index is 6.49. The fraction of sp³-hybridized carbons (Fsp3) is 0.944. The Morgan fingerprint density at radius 2 is 0.732 bits per heavy atom. The summed E-state index contributed by atoms with van der Waals surface area (Å²) < 4.78 is 12.2. The van der Waals surface area contributed by atoms with Crippen molar-refractivity contribution in [2.24, 2.45) is 0 Å². The first-order valence-electron chi connectivity index (χ1n) is 18.2. The van der Waals surface area contributed by atoms with Gasteiger partial charge in [0.1, 0.15) is 0 Å². The maximum Gasteiger partial charge on any atom is 0.364 e. The number of hydrogen-bond donors (Lipinski definition) is 0. The minimum Gasteiger partial charge on any atom is -0.462 e. The van der Waals surface area contributed by atoms with Crippen molar-refractivity contribution in [3.63, 3.8) is 0 Å². The molecule has 2 unspecified atom stereocenters. The normalized spacial score (nSPS) is 13.2. The molecule has 0 aliphatic carbocycles. The van der Waals surface area contributed by atoms with Crippen LogP contribution in [0.2, 0.25) is 0 Å². The second-order valence-electron chi connectivity index (χ2n) is 12.3. The molecule has 0 radical (unpaired) electrons. The van der Waals surface area contributed by atoms with Crippen LogP contribution in [0.1, 0.15) is 183 Å². The van der Waals surface area contributed by atoms with E-state index in [1.165, 1.54) is 77.0 Å². The van der Waals surface area contributed by atoms with Crippen LogP contribution in [0.3, 0.4) is 0 Å². The Labute approximate surface area is 256 Å². The van der Waals surface area contributed by atoms with Crippen LogP contribution < -0.4 is 0 Å². The molecule has 0 rings (SSSR count). The van der Waals surface area contributed by atoms with Crippen LogP contribution in [0.25, 0.3) is 0 Å². The van der Waals surface area contributed by atoms with E-state index in [1.54, 1.807) is 0 Å². The van der Waals surface area contributed by atoms with E-state index < -0.39 is 0 Å². The molecule has 244 valence electrons. The summed E-state index contributed by atoms with van der Waals surface area (Å²) in [5.74, 6) is -0.187. The van der Waals surface area contributed by atoms with Gasteiger partial charge in [-0.25, -0.2) is 9.59 Å². The minimum absolute atomic E-state index is 0.0937. The summed E-state index contributed by atoms with van der Waals surface area (Å²) in [6, 6.07) is -0.586. The van der Waals surface area contributed by atoms with Crippen LogP contribution in [-0.2, 0) is 19.1 Å². The molecule has 0 saturated carbocycles. The average molecular weight is 583 g/mol. The molecule has 0 heterocycles. The Morgan fingerprint density at radius 1 is 0.439 bits per heavy atom. The zero-order valence-electron chi connectivity index (χ0n) is 28.6. The Bertz CT molecular complexity index is 556. The molecule has 0 amide bonds. The van der Waals surface area contributed by atoms with Crippen LogP contribution >= 0.6 is 0 Å². The molecule has 0 saturated heterocycles. The third kappa shape index (κ3) is 17.6. The zero-order valence-corrected chi connectivity index (χ0v) is 28.6. The molecule has 0 spiro atoms. The van der Waals surface area contributed by atoms with Gasteiger partial charge in [0.15, 0.2) is 12.1 Å². The highest BCUT2D eigenvalue weighted by molar-refractivity contribution is 5.77. The average Bonchev–Trinajstić information content (AvgIpc) is 2.96. The molecule has 0 aromatic rings. The minimum atomic E-state index is -0.293. The molecule has 0 fully saturated rings. The van der Waals surface area contributed by atoms with E-state index in [0.29, 0.717) is 17.7 Å². The smallest absolute Gasteiger partial charge is 0.364 e. The van der Waals surface area contributed by atoms with E-state index in [0.717, 1.165) is 77.3 Å². The van der Waals surface area contributed by atoms with Crippen molar-refractivity contribution in [3.05, 3.63) is 0 Å². The van der Waals surface area contributed by atoms with Gasteiger partial charge in [0.05, 0.1) is 26.3 Å². The topological polar surface area (TPSA) is 52.6 Å². The van der Waals surface area contributed by atoms with Crippen LogP contribution in [0, 0.1) is 0 Å². The highest BCUT2D eigenvalue weighted by Gasteiger charge is 2.50. The van der Waals surface area contributed by atoms with E-state index in [2.05, 4.69) is 27.7 Å². The van der Waals surface area contributed by atoms with E-state index in [-0.39, 0.29) is 24.0 Å². The van der Waals surface area contributed by atoms with E-state index >= 15 is 0 Å². The van der Waals surface area contributed by atoms with Gasteiger partial charge in [-0.1, -0.05) is 118 Å². The maximum atomic E-state index is 13.9. The standard InChI is InChI=1S/C36H72NO4/c1-7-13-17-21-23-27-31-37(32-28-24-22-18-14-8-2,33(35(38)40-11-5)29-25-19-15-9-3)34(36(39)41-12-6)30-26-20-16-10-4/h33-34H,7-32H2,1-6H3/q+1. The summed E-state index contributed by atoms with van der Waals surface area (Å²) in [6.07, 6.45) is 25.0. The molecule has 0 bridgehead atoms. The summed E-state index contributed by atoms with van der Waals surface area (Å²) in [4.78, 5) is 27.7. The molecule has 0 aromatic heterocycles. The molecule has 5 nitrogen and oxygen atoms in total. The summed E-state index contributed by atoms with van der Waals surface area (Å²) in [7, 11) is 0. The predicted molar refractivity (Wildman–Crippen MR) is 175 cm³/mol. The van der Waals surface area contributed by atoms with Gasteiger partial charge in [-0.3, -0.25) is 0 Å². The summed E-state index contributed by atoms with van der Waals surface area (Å²) >= 11 is 0. The second-order valence-corrected chi connectivity index (χ2v) is 12.3. The number of unbranched alkanes of at least 4 members (excludes halogenated alkanes) is 16. The van der Waals surface area contributed by atoms with Gasteiger partial charge >= 0.3 is 11.9 Å². The van der Waals surface area contributed by atoms with Crippen LogP contribution in [-0.4, -0.2) is 54.8 Å². The lowest BCUT2D eigenvalue weighted by molar-refractivity contribution is -0.959. The lowest BCUT2D eigenvalue weighted by Crippen LogP contribution is -2.67. The van der Waals surface area contributed by atoms with Crippen molar-refractivity contribution in [3.8, 4) is 0 Å². The zero-order chi connectivity index (χ0) is 30.6. The molecular formula is C36H72NO4+. The lowest BCUT2D eigenvalue weighted by atomic mass is 9.93. The van der Waals surface area contributed by atoms with Crippen molar-refractivity contribution in [1.29, 1.82) is 0 Å². The van der Waals surface area contributed by atoms with Gasteiger partial charge in [-0.2, -0.15) is 0 Å². The highest BCUT2D eigenvalue weighted by Crippen LogP contribution is 2.32. The van der Waals surface area contributed by atoms with Gasteiger partial charge in [0.25, 0.3) is 0 Å². The fourth-order valence-electron chi connectivity index (χ4n) is 6.50. The first-order valence-corrected chi connectivity index (χ1v) is 18.2. The third-order valence-corrected chi connectivity index (χ3v) is 8.88. The van der Waals surface area contributed by atoms with Gasteiger partial charge in [-0.15, -0.1) is 0 Å². The highest BCUT2D eigenvalue weighted by atomic mass is 16.5. The third-order valence-electron chi connectivity index (χ3n) is 8.88. The lowest BCUT2D eigenvalue weighted by Gasteiger charge is -2.48. The number of ether oxygens (including phenoxy) is 2. The number of carbonyl (C=O) groups is 2. The molecule has 41 heavy (non-hydrogen) atoms. The Kier molecular flexibility index (Phi) is 27.0. The molecule has 5 heteroatoms. The quantitative estimate of drug-likeness (QED) is 0.0480. The predicted octanol–water partition coefficient (Wildman–Crippen LogP) is 10.3. The fourth-order valence-corrected chi connectivity index (χ4v) is 6.50. The molecule has 0 aliphatic heterocycles. The summed E-state index contributed by atoms with van der Waals surface area (Å²) in [6.45, 7) is 15.3. The number of hydrogen-bond acceptors (Lipinski definition) is 4. The van der Waals surface area contributed by atoms with Gasteiger partial charge in [0, 0.05) is 12.8 Å².